The Balaban J connectivity index is 1.13. The second-order valence-corrected chi connectivity index (χ2v) is 16.9. The molecule has 8 heteroatoms. The number of rotatable bonds is 5. The SMILES string of the molecule is Bc1c(B)c(B)c(-c2ccc3c(-c4ccc(-c5nc6ccccc6n5-c5cccc6ccccc56)cc4)c4ccccc4c(-c4cccc5oc6ccccc6c45)c3c2)c(O)c1B. The molecule has 0 saturated heterocycles. The highest BCUT2D eigenvalue weighted by atomic mass is 16.3. The maximum atomic E-state index is 11.8. The van der Waals surface area contributed by atoms with E-state index in [0.29, 0.717) is 5.75 Å². The summed E-state index contributed by atoms with van der Waals surface area (Å²) in [5.41, 5.74) is 16.6. The molecule has 0 fully saturated rings. The Bertz CT molecular complexity index is 3840. The summed E-state index contributed by atoms with van der Waals surface area (Å²) in [6.45, 7) is 0. The normalized spacial score (nSPS) is 11.8. The first-order valence-electron chi connectivity index (χ1n) is 21.6. The van der Waals surface area contributed by atoms with Gasteiger partial charge in [0.05, 0.1) is 16.7 Å². The Kier molecular flexibility index (Phi) is 8.35. The first kappa shape index (κ1) is 37.1. The summed E-state index contributed by atoms with van der Waals surface area (Å²) >= 11 is 0. The molecule has 10 aromatic carbocycles. The van der Waals surface area contributed by atoms with Gasteiger partial charge in [0, 0.05) is 27.3 Å². The van der Waals surface area contributed by atoms with E-state index in [1.165, 1.54) is 16.2 Å². The van der Waals surface area contributed by atoms with Crippen molar-refractivity contribution < 1.29 is 9.52 Å². The molecule has 0 aliphatic carbocycles. The van der Waals surface area contributed by atoms with E-state index in [-0.39, 0.29) is 0 Å². The molecule has 0 bridgehead atoms. The summed E-state index contributed by atoms with van der Waals surface area (Å²) in [6.07, 6.45) is 0. The lowest BCUT2D eigenvalue weighted by atomic mass is 9.64. The van der Waals surface area contributed by atoms with E-state index in [9.17, 15) is 5.11 Å². The molecule has 4 nitrogen and oxygen atoms in total. The smallest absolute Gasteiger partial charge is 0.145 e. The molecular formula is C55H38B4N2O2. The number of furan rings is 1. The molecule has 12 rings (SSSR count). The fourth-order valence-corrected chi connectivity index (χ4v) is 10.2. The number of phenols is 1. The molecule has 2 aromatic heterocycles. The predicted molar refractivity (Wildman–Crippen MR) is 277 cm³/mol. The van der Waals surface area contributed by atoms with Crippen LogP contribution < -0.4 is 21.9 Å². The Morgan fingerprint density at radius 3 is 1.87 bits per heavy atom. The third-order valence-corrected chi connectivity index (χ3v) is 13.6. The van der Waals surface area contributed by atoms with Crippen LogP contribution in [0.1, 0.15) is 0 Å². The lowest BCUT2D eigenvalue weighted by Gasteiger charge is -2.21. The zero-order chi connectivity index (χ0) is 42.5. The van der Waals surface area contributed by atoms with Gasteiger partial charge in [0.15, 0.2) is 0 Å². The Morgan fingerprint density at radius 2 is 1.05 bits per heavy atom. The van der Waals surface area contributed by atoms with Crippen LogP contribution >= 0.6 is 0 Å². The molecule has 0 aliphatic heterocycles. The van der Waals surface area contributed by atoms with E-state index < -0.39 is 0 Å². The van der Waals surface area contributed by atoms with Crippen LogP contribution in [-0.4, -0.2) is 46.0 Å². The standard InChI is InChI=1S/C55H38B4N2O2/c56-50-47(54(62)53(59)52(58)51(50)57)33-27-28-37-40(29-33)48(39-17-10-22-45-49(39)38-16-5-8-21-44(38)63-45)36-15-4-3-14-35(36)46(37)31-23-25-32(26-24-31)55-60-41-18-6-7-19-43(41)61(55)42-20-9-12-30-11-1-2-13-34(30)42/h1-29,62H,56-59H2. The minimum atomic E-state index is 0.338. The molecule has 1 N–H and O–H groups in total. The number of nitrogens with zero attached hydrogens (tertiary/aromatic N) is 2. The van der Waals surface area contributed by atoms with Crippen molar-refractivity contribution in [3.05, 3.63) is 176 Å². The number of fused-ring (bicyclic) bond motifs is 7. The molecule has 12 aromatic rings. The first-order chi connectivity index (χ1) is 30.9. The van der Waals surface area contributed by atoms with E-state index in [1.54, 1.807) is 0 Å². The molecular weight excluding hydrogens is 764 g/mol. The zero-order valence-electron chi connectivity index (χ0n) is 35.5. The van der Waals surface area contributed by atoms with Crippen LogP contribution in [0, 0.1) is 0 Å². The van der Waals surface area contributed by atoms with Crippen molar-refractivity contribution in [1.82, 2.24) is 9.55 Å². The number of hydrogen-bond acceptors (Lipinski definition) is 3. The van der Waals surface area contributed by atoms with Gasteiger partial charge in [-0.1, -0.05) is 156 Å². The molecule has 63 heavy (non-hydrogen) atoms. The molecule has 0 saturated carbocycles. The molecule has 0 amide bonds. The van der Waals surface area contributed by atoms with E-state index >= 15 is 0 Å². The quantitative estimate of drug-likeness (QED) is 0.143. The highest BCUT2D eigenvalue weighted by molar-refractivity contribution is 6.64. The van der Waals surface area contributed by atoms with Crippen molar-refractivity contribution in [1.29, 1.82) is 0 Å². The van der Waals surface area contributed by atoms with E-state index in [0.717, 1.165) is 121 Å². The number of phenolic OH excluding ortho intramolecular Hbond substituents is 1. The topological polar surface area (TPSA) is 51.2 Å². The molecule has 0 atom stereocenters. The van der Waals surface area contributed by atoms with Crippen molar-refractivity contribution >= 4 is 119 Å². The van der Waals surface area contributed by atoms with Gasteiger partial charge in [-0.15, -0.1) is 5.46 Å². The number of para-hydroxylation sites is 3. The molecule has 2 heterocycles. The monoisotopic (exact) mass is 802 g/mol. The fraction of sp³-hybridized carbons (Fsp3) is 0. The summed E-state index contributed by atoms with van der Waals surface area (Å²) in [5, 5.41) is 20.9. The van der Waals surface area contributed by atoms with Crippen molar-refractivity contribution in [2.75, 3.05) is 0 Å². The maximum Gasteiger partial charge on any atom is 0.145 e. The second kappa shape index (κ2) is 14.2. The molecule has 0 radical (unpaired) electrons. The van der Waals surface area contributed by atoms with Gasteiger partial charge in [-0.25, -0.2) is 4.98 Å². The van der Waals surface area contributed by atoms with E-state index in [1.807, 2.05) is 20.0 Å². The summed E-state index contributed by atoms with van der Waals surface area (Å²) in [7, 11) is 8.40. The predicted octanol–water partition coefficient (Wildman–Crippen LogP) is 7.79. The lowest BCUT2D eigenvalue weighted by molar-refractivity contribution is 0.482. The minimum absolute atomic E-state index is 0.338. The minimum Gasteiger partial charge on any atom is -0.508 e. The van der Waals surface area contributed by atoms with Gasteiger partial charge < -0.3 is 9.52 Å². The van der Waals surface area contributed by atoms with Gasteiger partial charge in [-0.2, -0.15) is 0 Å². The van der Waals surface area contributed by atoms with E-state index in [4.69, 9.17) is 9.40 Å². The van der Waals surface area contributed by atoms with Crippen molar-refractivity contribution in [2.24, 2.45) is 0 Å². The highest BCUT2D eigenvalue weighted by Gasteiger charge is 2.23. The molecule has 292 valence electrons. The maximum absolute atomic E-state index is 11.8. The fourth-order valence-electron chi connectivity index (χ4n) is 10.2. The van der Waals surface area contributed by atoms with Gasteiger partial charge in [0.1, 0.15) is 54.1 Å². The van der Waals surface area contributed by atoms with Crippen LogP contribution in [0.15, 0.2) is 180 Å². The van der Waals surface area contributed by atoms with E-state index in [2.05, 4.69) is 192 Å². The van der Waals surface area contributed by atoms with Crippen LogP contribution in [0.5, 0.6) is 5.75 Å². The Hall–Kier alpha value is -7.69. The summed E-state index contributed by atoms with van der Waals surface area (Å²) < 4.78 is 8.78. The van der Waals surface area contributed by atoms with Gasteiger partial charge in [-0.05, 0) is 91.1 Å². The number of aromatic hydroxyl groups is 1. The third kappa shape index (κ3) is 5.57. The van der Waals surface area contributed by atoms with Crippen LogP contribution in [0.4, 0.5) is 0 Å². The summed E-state index contributed by atoms with van der Waals surface area (Å²) in [5.74, 6) is 1.23. The first-order valence-corrected chi connectivity index (χ1v) is 21.6. The lowest BCUT2D eigenvalue weighted by Crippen LogP contribution is -2.48. The van der Waals surface area contributed by atoms with Crippen molar-refractivity contribution in [2.45, 2.75) is 0 Å². The van der Waals surface area contributed by atoms with Crippen LogP contribution in [-0.2, 0) is 0 Å². The van der Waals surface area contributed by atoms with Crippen molar-refractivity contribution in [3.63, 3.8) is 0 Å². The van der Waals surface area contributed by atoms with Gasteiger partial charge in [0.2, 0.25) is 0 Å². The molecule has 0 unspecified atom stereocenters. The average molecular weight is 802 g/mol. The highest BCUT2D eigenvalue weighted by Crippen LogP contribution is 2.48. The van der Waals surface area contributed by atoms with Gasteiger partial charge in [0.25, 0.3) is 0 Å². The number of hydrogen-bond donors (Lipinski definition) is 1. The van der Waals surface area contributed by atoms with Gasteiger partial charge >= 0.3 is 0 Å². The average Bonchev–Trinajstić information content (AvgIpc) is 3.91. The zero-order valence-corrected chi connectivity index (χ0v) is 35.5. The van der Waals surface area contributed by atoms with Crippen LogP contribution in [0.25, 0.3) is 116 Å². The number of aromatic nitrogens is 2. The van der Waals surface area contributed by atoms with Crippen molar-refractivity contribution in [3.8, 4) is 56.2 Å². The Morgan fingerprint density at radius 1 is 0.444 bits per heavy atom. The molecule has 0 aliphatic rings. The van der Waals surface area contributed by atoms with Crippen LogP contribution in [0.3, 0.4) is 0 Å². The third-order valence-electron chi connectivity index (χ3n) is 13.6. The Labute approximate surface area is 368 Å². The summed E-state index contributed by atoms with van der Waals surface area (Å²) in [6, 6.07) is 62.7. The van der Waals surface area contributed by atoms with Crippen LogP contribution in [0.2, 0.25) is 0 Å². The largest absolute Gasteiger partial charge is 0.508 e. The molecule has 0 spiro atoms. The summed E-state index contributed by atoms with van der Waals surface area (Å²) in [4.78, 5) is 5.26. The second-order valence-electron chi connectivity index (χ2n) is 16.9. The number of benzene rings is 10. The van der Waals surface area contributed by atoms with Gasteiger partial charge in [-0.3, -0.25) is 4.57 Å². The number of imidazole rings is 1.